The van der Waals surface area contributed by atoms with Crippen LogP contribution in [0.25, 0.3) is 0 Å². The zero-order valence-corrected chi connectivity index (χ0v) is 13.3. The molecule has 0 radical (unpaired) electrons. The van der Waals surface area contributed by atoms with Crippen LogP contribution in [0.15, 0.2) is 18.2 Å². The van der Waals surface area contributed by atoms with Crippen LogP contribution < -0.4 is 0 Å². The van der Waals surface area contributed by atoms with Crippen LogP contribution in [0.1, 0.15) is 33.6 Å². The molecule has 0 saturated carbocycles. The Morgan fingerprint density at radius 3 is 2.95 bits per heavy atom. The highest BCUT2D eigenvalue weighted by Crippen LogP contribution is 2.28. The van der Waals surface area contributed by atoms with Crippen molar-refractivity contribution in [1.29, 1.82) is 0 Å². The Labute approximate surface area is 130 Å². The van der Waals surface area contributed by atoms with Crippen molar-refractivity contribution in [3.8, 4) is 0 Å². The summed E-state index contributed by atoms with van der Waals surface area (Å²) in [5.41, 5.74) is 3.71. The third kappa shape index (κ3) is 2.10. The molecule has 0 unspecified atom stereocenters. The normalized spacial score (nSPS) is 13.6. The largest absolute Gasteiger partial charge is 0.280 e. The van der Waals surface area contributed by atoms with Crippen molar-refractivity contribution in [3.05, 3.63) is 49.3 Å². The van der Waals surface area contributed by atoms with Crippen molar-refractivity contribution in [3.63, 3.8) is 0 Å². The predicted octanol–water partition coefficient (Wildman–Crippen LogP) is 3.63. The van der Waals surface area contributed by atoms with E-state index in [1.165, 1.54) is 10.2 Å². The molecule has 0 N–H and O–H groups in total. The number of carbonyl (C=O) groups is 1. The molecule has 5 heteroatoms. The molecule has 0 amide bonds. The number of aromatic nitrogens is 2. The first kappa shape index (κ1) is 13.1. The van der Waals surface area contributed by atoms with Gasteiger partial charge in [0.15, 0.2) is 0 Å². The van der Waals surface area contributed by atoms with Gasteiger partial charge in [0.2, 0.25) is 0 Å². The predicted molar refractivity (Wildman–Crippen MR) is 82.9 cm³/mol. The van der Waals surface area contributed by atoms with Crippen LogP contribution in [0.3, 0.4) is 0 Å². The van der Waals surface area contributed by atoms with E-state index >= 15 is 0 Å². The first-order valence-corrected chi connectivity index (χ1v) is 7.61. The van der Waals surface area contributed by atoms with Gasteiger partial charge in [-0.3, -0.25) is 4.79 Å². The molecule has 3 nitrogen and oxygen atoms in total. The number of halogens is 2. The molecule has 19 heavy (non-hydrogen) atoms. The maximum atomic E-state index is 12.7. The molecule has 0 bridgehead atoms. The monoisotopic (exact) mass is 386 g/mol. The Hall–Kier alpha value is -0.880. The number of rotatable bonds is 1. The number of hydrogen-bond acceptors (Lipinski definition) is 2. The van der Waals surface area contributed by atoms with Crippen molar-refractivity contribution >= 4 is 40.1 Å². The van der Waals surface area contributed by atoms with Gasteiger partial charge < -0.3 is 0 Å². The summed E-state index contributed by atoms with van der Waals surface area (Å²) in [6.45, 7) is 1.90. The summed E-state index contributed by atoms with van der Waals surface area (Å²) >= 11 is 8.37. The lowest BCUT2D eigenvalue weighted by atomic mass is 10.1. The summed E-state index contributed by atoms with van der Waals surface area (Å²) < 4.78 is 2.47. The van der Waals surface area contributed by atoms with E-state index in [0.29, 0.717) is 10.6 Å². The summed E-state index contributed by atoms with van der Waals surface area (Å²) in [6.07, 6.45) is 3.03. The highest BCUT2D eigenvalue weighted by Gasteiger charge is 2.26. The first-order valence-electron chi connectivity index (χ1n) is 6.15. The van der Waals surface area contributed by atoms with Gasteiger partial charge in [0.05, 0.1) is 16.3 Å². The third-order valence-corrected chi connectivity index (χ3v) is 4.69. The van der Waals surface area contributed by atoms with Crippen LogP contribution >= 0.6 is 34.2 Å². The van der Waals surface area contributed by atoms with E-state index in [0.717, 1.165) is 34.2 Å². The van der Waals surface area contributed by atoms with Crippen LogP contribution in [0.4, 0.5) is 0 Å². The maximum absolute atomic E-state index is 12.7. The second-order valence-electron chi connectivity index (χ2n) is 4.72. The molecule has 1 aliphatic rings. The second-order valence-corrected chi connectivity index (χ2v) is 6.15. The lowest BCUT2D eigenvalue weighted by Crippen LogP contribution is -2.18. The van der Waals surface area contributed by atoms with Crippen molar-refractivity contribution in [2.75, 3.05) is 0 Å². The van der Waals surface area contributed by atoms with E-state index in [1.807, 2.05) is 19.1 Å². The highest BCUT2D eigenvalue weighted by atomic mass is 127. The van der Waals surface area contributed by atoms with E-state index < -0.39 is 0 Å². The molecule has 3 rings (SSSR count). The molecule has 98 valence electrons. The average Bonchev–Trinajstić information content (AvgIpc) is 2.93. The minimum Gasteiger partial charge on any atom is -0.267 e. The number of hydrogen-bond donors (Lipinski definition) is 0. The van der Waals surface area contributed by atoms with Gasteiger partial charge in [0, 0.05) is 5.56 Å². The smallest absolute Gasteiger partial charge is 0.267 e. The van der Waals surface area contributed by atoms with E-state index in [-0.39, 0.29) is 5.91 Å². The molecule has 1 aliphatic carbocycles. The minimum atomic E-state index is -0.121. The van der Waals surface area contributed by atoms with Gasteiger partial charge in [0.25, 0.3) is 5.91 Å². The molecule has 1 heterocycles. The van der Waals surface area contributed by atoms with Crippen molar-refractivity contribution < 1.29 is 4.79 Å². The Kier molecular flexibility index (Phi) is 3.39. The fourth-order valence-electron chi connectivity index (χ4n) is 2.57. The van der Waals surface area contributed by atoms with Gasteiger partial charge in [0.1, 0.15) is 3.70 Å². The van der Waals surface area contributed by atoms with Crippen LogP contribution in [-0.4, -0.2) is 15.7 Å². The summed E-state index contributed by atoms with van der Waals surface area (Å²) in [5.74, 6) is -0.121. The van der Waals surface area contributed by atoms with Crippen LogP contribution in [0.2, 0.25) is 5.02 Å². The number of aryl methyl sites for hydroxylation is 1. The maximum Gasteiger partial charge on any atom is 0.280 e. The molecule has 1 aromatic heterocycles. The Balaban J connectivity index is 2.13. The van der Waals surface area contributed by atoms with Crippen molar-refractivity contribution in [1.82, 2.24) is 9.78 Å². The third-order valence-electron chi connectivity index (χ3n) is 3.51. The number of nitrogens with zero attached hydrogens (tertiary/aromatic N) is 2. The first-order chi connectivity index (χ1) is 9.09. The van der Waals surface area contributed by atoms with Gasteiger partial charge in [-0.05, 0) is 60.4 Å². The summed E-state index contributed by atoms with van der Waals surface area (Å²) in [7, 11) is 0. The molecule has 0 spiro atoms. The van der Waals surface area contributed by atoms with Gasteiger partial charge in [-0.25, -0.2) is 0 Å². The average molecular weight is 387 g/mol. The number of benzene rings is 1. The fraction of sp³-hybridized carbons (Fsp3) is 0.286. The zero-order chi connectivity index (χ0) is 13.6. The number of carbonyl (C=O) groups excluding carboxylic acids is 1. The second kappa shape index (κ2) is 4.90. The molecule has 0 aliphatic heterocycles. The molecule has 0 atom stereocenters. The lowest BCUT2D eigenvalue weighted by molar-refractivity contribution is 0.0941. The van der Waals surface area contributed by atoms with Crippen LogP contribution in [-0.2, 0) is 12.8 Å². The van der Waals surface area contributed by atoms with Gasteiger partial charge in [-0.2, -0.15) is 9.78 Å². The van der Waals surface area contributed by atoms with E-state index in [2.05, 4.69) is 27.7 Å². The Morgan fingerprint density at radius 1 is 1.42 bits per heavy atom. The van der Waals surface area contributed by atoms with Gasteiger partial charge in [-0.1, -0.05) is 23.7 Å². The SMILES string of the molecule is Cc1cccc(Cl)c1C(=O)n1nc(I)c2c1CCC2. The topological polar surface area (TPSA) is 34.9 Å². The van der Waals surface area contributed by atoms with Crippen molar-refractivity contribution in [2.45, 2.75) is 26.2 Å². The number of fused-ring (bicyclic) bond motifs is 1. The van der Waals surface area contributed by atoms with E-state index in [1.54, 1.807) is 6.07 Å². The summed E-state index contributed by atoms with van der Waals surface area (Å²) in [4.78, 5) is 12.7. The Morgan fingerprint density at radius 2 is 2.21 bits per heavy atom. The summed E-state index contributed by atoms with van der Waals surface area (Å²) in [6, 6.07) is 5.50. The minimum absolute atomic E-state index is 0.121. The molecule has 0 saturated heterocycles. The van der Waals surface area contributed by atoms with E-state index in [9.17, 15) is 4.79 Å². The fourth-order valence-corrected chi connectivity index (χ4v) is 3.67. The van der Waals surface area contributed by atoms with Crippen LogP contribution in [0.5, 0.6) is 0 Å². The standard InChI is InChI=1S/C14H12ClIN2O/c1-8-4-2-6-10(15)12(8)14(19)18-11-7-3-5-9(11)13(16)17-18/h2,4,6H,3,5,7H2,1H3. The quantitative estimate of drug-likeness (QED) is 0.702. The lowest BCUT2D eigenvalue weighted by Gasteiger charge is -2.08. The van der Waals surface area contributed by atoms with E-state index in [4.69, 9.17) is 11.6 Å². The van der Waals surface area contributed by atoms with Crippen LogP contribution in [0, 0.1) is 10.6 Å². The molecular weight excluding hydrogens is 375 g/mol. The van der Waals surface area contributed by atoms with Gasteiger partial charge >= 0.3 is 0 Å². The molecular formula is C14H12ClIN2O. The molecule has 0 fully saturated rings. The summed E-state index contributed by atoms with van der Waals surface area (Å²) in [5, 5.41) is 4.87. The van der Waals surface area contributed by atoms with Gasteiger partial charge in [-0.15, -0.1) is 0 Å². The zero-order valence-electron chi connectivity index (χ0n) is 10.4. The molecule has 1 aromatic carbocycles. The highest BCUT2D eigenvalue weighted by molar-refractivity contribution is 14.1. The van der Waals surface area contributed by atoms with Crippen molar-refractivity contribution in [2.24, 2.45) is 0 Å². The Bertz CT molecular complexity index is 658. The molecule has 2 aromatic rings.